The van der Waals surface area contributed by atoms with E-state index in [1.807, 2.05) is 22.9 Å². The average Bonchev–Trinajstić information content (AvgIpc) is 2.95. The fourth-order valence-electron chi connectivity index (χ4n) is 2.77. The van der Waals surface area contributed by atoms with E-state index in [4.69, 9.17) is 5.73 Å². The Morgan fingerprint density at radius 1 is 1.32 bits per heavy atom. The lowest BCUT2D eigenvalue weighted by molar-refractivity contribution is 0.443. The maximum atomic E-state index is 5.88. The number of tetrazole rings is 1. The highest BCUT2D eigenvalue weighted by atomic mass is 79.9. The van der Waals surface area contributed by atoms with Gasteiger partial charge in [0.05, 0.1) is 6.04 Å². The zero-order valence-electron chi connectivity index (χ0n) is 10.8. The molecule has 2 unspecified atom stereocenters. The normalized spacial score (nSPS) is 22.8. The zero-order chi connectivity index (χ0) is 13.4. The molecule has 19 heavy (non-hydrogen) atoms. The summed E-state index contributed by atoms with van der Waals surface area (Å²) in [6.07, 6.45) is 3.52. The van der Waals surface area contributed by atoms with Gasteiger partial charge in [0.25, 0.3) is 0 Å². The number of nitrogens with zero attached hydrogens (tertiary/aromatic N) is 4. The molecule has 0 saturated heterocycles. The van der Waals surface area contributed by atoms with Crippen molar-refractivity contribution in [2.75, 3.05) is 5.73 Å². The predicted molar refractivity (Wildman–Crippen MR) is 77.4 cm³/mol. The fraction of sp³-hybridized carbons (Fsp3) is 0.462. The second kappa shape index (κ2) is 4.92. The zero-order valence-corrected chi connectivity index (χ0v) is 12.3. The lowest BCUT2D eigenvalue weighted by Crippen LogP contribution is -2.09. The topological polar surface area (TPSA) is 69.6 Å². The highest BCUT2D eigenvalue weighted by Crippen LogP contribution is 2.36. The van der Waals surface area contributed by atoms with Gasteiger partial charge in [0.1, 0.15) is 0 Å². The van der Waals surface area contributed by atoms with Crippen molar-refractivity contribution in [1.29, 1.82) is 0 Å². The van der Waals surface area contributed by atoms with Gasteiger partial charge in [0.2, 0.25) is 0 Å². The van der Waals surface area contributed by atoms with E-state index in [-0.39, 0.29) is 0 Å². The van der Waals surface area contributed by atoms with Crippen LogP contribution in [0.2, 0.25) is 0 Å². The molecular weight excluding hydrogens is 306 g/mol. The third kappa shape index (κ3) is 2.49. The highest BCUT2D eigenvalue weighted by Gasteiger charge is 2.26. The van der Waals surface area contributed by atoms with Crippen LogP contribution in [0.5, 0.6) is 0 Å². The Kier molecular flexibility index (Phi) is 3.26. The standard InChI is InChI=1S/C13H16BrN5/c1-8-2-3-12(4-8)19-13(16-17-18-19)9-5-10(14)7-11(15)6-9/h5-8,12H,2-4,15H2,1H3. The molecule has 1 fully saturated rings. The lowest BCUT2D eigenvalue weighted by Gasteiger charge is -2.12. The van der Waals surface area contributed by atoms with Crippen molar-refractivity contribution < 1.29 is 0 Å². The smallest absolute Gasteiger partial charge is 0.182 e. The van der Waals surface area contributed by atoms with Crippen molar-refractivity contribution >= 4 is 21.6 Å². The maximum Gasteiger partial charge on any atom is 0.182 e. The molecule has 1 aliphatic rings. The van der Waals surface area contributed by atoms with Crippen molar-refractivity contribution in [2.45, 2.75) is 32.2 Å². The molecule has 1 aliphatic carbocycles. The number of nitrogen functional groups attached to an aromatic ring is 1. The summed E-state index contributed by atoms with van der Waals surface area (Å²) < 4.78 is 2.89. The van der Waals surface area contributed by atoms with Crippen LogP contribution in [0.1, 0.15) is 32.2 Å². The van der Waals surface area contributed by atoms with Crippen molar-refractivity contribution in [3.05, 3.63) is 22.7 Å². The molecule has 0 aliphatic heterocycles. The molecule has 1 aromatic carbocycles. The second-order valence-corrected chi connectivity index (χ2v) is 6.21. The molecule has 2 aromatic rings. The number of rotatable bonds is 2. The maximum absolute atomic E-state index is 5.88. The molecule has 3 rings (SSSR count). The van der Waals surface area contributed by atoms with Gasteiger partial charge in [-0.2, -0.15) is 0 Å². The van der Waals surface area contributed by atoms with Gasteiger partial charge in [-0.1, -0.05) is 22.9 Å². The van der Waals surface area contributed by atoms with Gasteiger partial charge in [-0.3, -0.25) is 0 Å². The first-order valence-corrected chi connectivity index (χ1v) is 7.27. The van der Waals surface area contributed by atoms with E-state index in [1.54, 1.807) is 0 Å². The van der Waals surface area contributed by atoms with Crippen LogP contribution in [0.15, 0.2) is 22.7 Å². The Bertz CT molecular complexity index is 574. The van der Waals surface area contributed by atoms with E-state index >= 15 is 0 Å². The molecule has 6 heteroatoms. The van der Waals surface area contributed by atoms with E-state index in [1.165, 1.54) is 6.42 Å². The van der Waals surface area contributed by atoms with Crippen LogP contribution in [0, 0.1) is 5.92 Å². The summed E-state index contributed by atoms with van der Waals surface area (Å²) in [4.78, 5) is 0. The van der Waals surface area contributed by atoms with Crippen LogP contribution in [0.25, 0.3) is 11.4 Å². The number of halogens is 1. The number of hydrogen-bond donors (Lipinski definition) is 1. The minimum atomic E-state index is 0.403. The molecule has 1 saturated carbocycles. The summed E-state index contributed by atoms with van der Waals surface area (Å²) >= 11 is 3.46. The average molecular weight is 322 g/mol. The van der Waals surface area contributed by atoms with Crippen molar-refractivity contribution in [3.63, 3.8) is 0 Å². The van der Waals surface area contributed by atoms with Crippen LogP contribution >= 0.6 is 15.9 Å². The summed E-state index contributed by atoms with van der Waals surface area (Å²) in [7, 11) is 0. The summed E-state index contributed by atoms with van der Waals surface area (Å²) in [5, 5.41) is 12.2. The molecule has 2 N–H and O–H groups in total. The molecule has 0 amide bonds. The Morgan fingerprint density at radius 3 is 2.84 bits per heavy atom. The predicted octanol–water partition coefficient (Wildman–Crippen LogP) is 3.05. The third-order valence-corrected chi connectivity index (χ3v) is 4.14. The Balaban J connectivity index is 1.99. The monoisotopic (exact) mass is 321 g/mol. The van der Waals surface area contributed by atoms with Gasteiger partial charge >= 0.3 is 0 Å². The fourth-order valence-corrected chi connectivity index (χ4v) is 3.28. The van der Waals surface area contributed by atoms with Crippen LogP contribution in [0.3, 0.4) is 0 Å². The van der Waals surface area contributed by atoms with Gasteiger partial charge in [-0.25, -0.2) is 4.68 Å². The molecule has 100 valence electrons. The van der Waals surface area contributed by atoms with Gasteiger partial charge in [-0.05, 0) is 53.8 Å². The van der Waals surface area contributed by atoms with Gasteiger partial charge < -0.3 is 5.73 Å². The van der Waals surface area contributed by atoms with Crippen molar-refractivity contribution in [1.82, 2.24) is 20.2 Å². The number of hydrogen-bond acceptors (Lipinski definition) is 4. The summed E-state index contributed by atoms with van der Waals surface area (Å²) in [5.74, 6) is 1.54. The summed E-state index contributed by atoms with van der Waals surface area (Å²) in [6.45, 7) is 2.28. The lowest BCUT2D eigenvalue weighted by atomic mass is 10.1. The van der Waals surface area contributed by atoms with Crippen LogP contribution in [-0.4, -0.2) is 20.2 Å². The van der Waals surface area contributed by atoms with Crippen molar-refractivity contribution in [3.8, 4) is 11.4 Å². The van der Waals surface area contributed by atoms with Gasteiger partial charge in [0.15, 0.2) is 5.82 Å². The number of aromatic nitrogens is 4. The SMILES string of the molecule is CC1CCC(n2nnnc2-c2cc(N)cc(Br)c2)C1. The van der Waals surface area contributed by atoms with E-state index in [0.29, 0.717) is 11.7 Å². The number of anilines is 1. The Hall–Kier alpha value is -1.43. The number of nitrogens with two attached hydrogens (primary N) is 1. The molecule has 5 nitrogen and oxygen atoms in total. The van der Waals surface area contributed by atoms with Crippen LogP contribution in [0.4, 0.5) is 5.69 Å². The van der Waals surface area contributed by atoms with Gasteiger partial charge in [-0.15, -0.1) is 5.10 Å². The minimum absolute atomic E-state index is 0.403. The van der Waals surface area contributed by atoms with Gasteiger partial charge in [0, 0.05) is 15.7 Å². The van der Waals surface area contributed by atoms with E-state index in [9.17, 15) is 0 Å². The molecule has 2 atom stereocenters. The molecular formula is C13H16BrN5. The molecule has 1 aromatic heterocycles. The summed E-state index contributed by atoms with van der Waals surface area (Å²) in [6, 6.07) is 6.18. The minimum Gasteiger partial charge on any atom is -0.399 e. The first-order valence-electron chi connectivity index (χ1n) is 6.48. The molecule has 0 radical (unpaired) electrons. The van der Waals surface area contributed by atoms with E-state index in [0.717, 1.165) is 34.6 Å². The molecule has 0 bridgehead atoms. The second-order valence-electron chi connectivity index (χ2n) is 5.29. The summed E-state index contributed by atoms with van der Waals surface area (Å²) in [5.41, 5.74) is 7.55. The quantitative estimate of drug-likeness (QED) is 0.863. The highest BCUT2D eigenvalue weighted by molar-refractivity contribution is 9.10. The van der Waals surface area contributed by atoms with E-state index in [2.05, 4.69) is 38.4 Å². The van der Waals surface area contributed by atoms with Crippen LogP contribution in [-0.2, 0) is 0 Å². The largest absolute Gasteiger partial charge is 0.399 e. The van der Waals surface area contributed by atoms with E-state index < -0.39 is 0 Å². The molecule has 0 spiro atoms. The Morgan fingerprint density at radius 2 is 2.16 bits per heavy atom. The number of benzene rings is 1. The molecule has 1 heterocycles. The first-order chi connectivity index (χ1) is 9.13. The van der Waals surface area contributed by atoms with Crippen molar-refractivity contribution in [2.24, 2.45) is 5.92 Å². The van der Waals surface area contributed by atoms with Crippen LogP contribution < -0.4 is 5.73 Å². The first kappa shape index (κ1) is 12.6. The Labute approximate surface area is 120 Å². The third-order valence-electron chi connectivity index (χ3n) is 3.68.